The molecule has 0 bridgehead atoms. The van der Waals surface area contributed by atoms with E-state index in [9.17, 15) is 31.5 Å². The second-order valence-corrected chi connectivity index (χ2v) is 11.8. The zero-order valence-corrected chi connectivity index (χ0v) is 22.3. The van der Waals surface area contributed by atoms with Crippen LogP contribution in [0.15, 0.2) is 65.7 Å². The number of β-amino-alcohol motifs (C(OH)–C–C–N with tert-alkyl or cyclic N) is 1. The van der Waals surface area contributed by atoms with Crippen molar-refractivity contribution >= 4 is 21.7 Å². The molecule has 0 atom stereocenters. The molecule has 0 unspecified atom stereocenters. The molecule has 1 aliphatic carbocycles. The summed E-state index contributed by atoms with van der Waals surface area (Å²) in [6.07, 6.45) is -4.91. The van der Waals surface area contributed by atoms with Gasteiger partial charge in [-0.05, 0) is 37.1 Å². The van der Waals surface area contributed by atoms with Gasteiger partial charge in [0, 0.05) is 31.5 Å². The number of aliphatic hydroxyl groups is 1. The molecule has 2 heterocycles. The summed E-state index contributed by atoms with van der Waals surface area (Å²) in [5.41, 5.74) is -1.78. The third-order valence-electron chi connectivity index (χ3n) is 6.63. The standard InChI is InChI=1S/C27H26F3N3O6S/c1-17-11-12-19(18-7-4-3-5-8-18)23(22(17)39-27(28,29)30)38-26(13-14-26)24(34)32-40(36,37)21-10-6-9-20(31-21)33-15-25(2,35)16-33/h3-12,35H,13-16H2,1-2H3,(H,32,34). The van der Waals surface area contributed by atoms with Gasteiger partial charge in [0.15, 0.2) is 22.1 Å². The predicted octanol–water partition coefficient (Wildman–Crippen LogP) is 3.94. The fourth-order valence-corrected chi connectivity index (χ4v) is 5.48. The van der Waals surface area contributed by atoms with Crippen LogP contribution in [-0.4, -0.2) is 55.1 Å². The van der Waals surface area contributed by atoms with E-state index in [1.54, 1.807) is 54.3 Å². The molecule has 0 spiro atoms. The number of hydrogen-bond donors (Lipinski definition) is 2. The van der Waals surface area contributed by atoms with E-state index >= 15 is 0 Å². The minimum absolute atomic E-state index is 0.0678. The molecule has 40 heavy (non-hydrogen) atoms. The van der Waals surface area contributed by atoms with E-state index in [0.717, 1.165) is 0 Å². The van der Waals surface area contributed by atoms with Gasteiger partial charge in [0.1, 0.15) is 5.82 Å². The van der Waals surface area contributed by atoms with Crippen LogP contribution in [0, 0.1) is 6.92 Å². The number of ether oxygens (including phenoxy) is 2. The minimum Gasteiger partial charge on any atom is -0.473 e. The first-order valence-electron chi connectivity index (χ1n) is 12.3. The highest BCUT2D eigenvalue weighted by Crippen LogP contribution is 2.49. The molecule has 2 aliphatic rings. The van der Waals surface area contributed by atoms with Crippen molar-refractivity contribution in [1.82, 2.24) is 9.71 Å². The number of nitrogens with zero attached hydrogens (tertiary/aromatic N) is 2. The first-order valence-corrected chi connectivity index (χ1v) is 13.8. The number of benzene rings is 2. The molecule has 9 nitrogen and oxygen atoms in total. The monoisotopic (exact) mass is 577 g/mol. The summed E-state index contributed by atoms with van der Waals surface area (Å²) in [5, 5.41) is 9.54. The first-order chi connectivity index (χ1) is 18.7. The quantitative estimate of drug-likeness (QED) is 0.414. The van der Waals surface area contributed by atoms with Crippen LogP contribution < -0.4 is 19.1 Å². The molecule has 1 saturated heterocycles. The lowest BCUT2D eigenvalue weighted by molar-refractivity contribution is -0.275. The number of aryl methyl sites for hydroxylation is 1. The van der Waals surface area contributed by atoms with Crippen molar-refractivity contribution in [1.29, 1.82) is 0 Å². The van der Waals surface area contributed by atoms with E-state index in [0.29, 0.717) is 11.4 Å². The van der Waals surface area contributed by atoms with E-state index < -0.39 is 44.3 Å². The summed E-state index contributed by atoms with van der Waals surface area (Å²) in [5.74, 6) is -1.67. The molecule has 1 amide bonds. The number of alkyl halides is 3. The molecular formula is C27H26F3N3O6S. The van der Waals surface area contributed by atoms with Gasteiger partial charge in [0.05, 0.1) is 5.60 Å². The average Bonchev–Trinajstić information content (AvgIpc) is 3.65. The maximum absolute atomic E-state index is 13.4. The molecule has 13 heteroatoms. The number of anilines is 1. The number of carbonyl (C=O) groups excluding carboxylic acids is 1. The molecule has 3 aromatic rings. The fourth-order valence-electron chi connectivity index (χ4n) is 4.47. The Kier molecular flexibility index (Phi) is 6.70. The van der Waals surface area contributed by atoms with E-state index in [1.165, 1.54) is 25.1 Å². The van der Waals surface area contributed by atoms with Crippen LogP contribution in [0.4, 0.5) is 19.0 Å². The Morgan fingerprint density at radius 3 is 2.30 bits per heavy atom. The van der Waals surface area contributed by atoms with Crippen molar-refractivity contribution in [2.24, 2.45) is 0 Å². The number of nitrogens with one attached hydrogen (secondary N) is 1. The molecule has 1 aliphatic heterocycles. The van der Waals surface area contributed by atoms with Crippen molar-refractivity contribution in [3.63, 3.8) is 0 Å². The largest absolute Gasteiger partial charge is 0.573 e. The summed E-state index contributed by atoms with van der Waals surface area (Å²) < 4.78 is 78.5. The van der Waals surface area contributed by atoms with Crippen molar-refractivity contribution in [3.8, 4) is 22.6 Å². The normalized spacial score (nSPS) is 17.5. The second-order valence-electron chi connectivity index (χ2n) is 10.2. The van der Waals surface area contributed by atoms with E-state index in [2.05, 4.69) is 9.72 Å². The van der Waals surface area contributed by atoms with E-state index in [1.807, 2.05) is 4.72 Å². The van der Waals surface area contributed by atoms with Gasteiger partial charge in [-0.25, -0.2) is 9.71 Å². The Bertz CT molecular complexity index is 1550. The third kappa shape index (κ3) is 5.70. The average molecular weight is 578 g/mol. The first kappa shape index (κ1) is 27.7. The van der Waals surface area contributed by atoms with Gasteiger partial charge in [-0.1, -0.05) is 48.5 Å². The lowest BCUT2D eigenvalue weighted by Gasteiger charge is -2.44. The smallest absolute Gasteiger partial charge is 0.473 e. The number of carbonyl (C=O) groups is 1. The molecule has 212 valence electrons. The number of hydrogen-bond acceptors (Lipinski definition) is 8. The summed E-state index contributed by atoms with van der Waals surface area (Å²) in [7, 11) is -4.46. The van der Waals surface area contributed by atoms with Crippen LogP contribution in [0.25, 0.3) is 11.1 Å². The van der Waals surface area contributed by atoms with Crippen LogP contribution >= 0.6 is 0 Å². The highest BCUT2D eigenvalue weighted by atomic mass is 32.2. The summed E-state index contributed by atoms with van der Waals surface area (Å²) in [4.78, 5) is 19.1. The lowest BCUT2D eigenvalue weighted by atomic mass is 9.97. The minimum atomic E-state index is -5.04. The number of halogens is 3. The molecule has 5 rings (SSSR count). The van der Waals surface area contributed by atoms with Crippen molar-refractivity contribution in [2.75, 3.05) is 18.0 Å². The van der Waals surface area contributed by atoms with Gasteiger partial charge in [-0.2, -0.15) is 8.42 Å². The van der Waals surface area contributed by atoms with Gasteiger partial charge < -0.3 is 19.5 Å². The van der Waals surface area contributed by atoms with E-state index in [-0.39, 0.29) is 42.8 Å². The molecule has 0 radical (unpaired) electrons. The number of sulfonamides is 1. The molecular weight excluding hydrogens is 551 g/mol. The zero-order valence-electron chi connectivity index (χ0n) is 21.5. The Morgan fingerprint density at radius 2 is 1.70 bits per heavy atom. The summed E-state index contributed by atoms with van der Waals surface area (Å²) >= 11 is 0. The topological polar surface area (TPSA) is 118 Å². The second kappa shape index (κ2) is 9.66. The zero-order chi connectivity index (χ0) is 28.9. The van der Waals surface area contributed by atoms with Crippen LogP contribution in [0.1, 0.15) is 25.3 Å². The SMILES string of the molecule is Cc1ccc(-c2ccccc2)c(OC2(C(=O)NS(=O)(=O)c3cccc(N4CC(C)(O)C4)n3)CC2)c1OC(F)(F)F. The Balaban J connectivity index is 1.43. The highest BCUT2D eigenvalue weighted by Gasteiger charge is 2.55. The maximum atomic E-state index is 13.4. The maximum Gasteiger partial charge on any atom is 0.573 e. The van der Waals surface area contributed by atoms with Crippen LogP contribution in [0.5, 0.6) is 11.5 Å². The third-order valence-corrected chi connectivity index (χ3v) is 7.86. The molecule has 2 N–H and O–H groups in total. The fraction of sp³-hybridized carbons (Fsp3) is 0.333. The van der Waals surface area contributed by atoms with Crippen LogP contribution in [0.2, 0.25) is 0 Å². The predicted molar refractivity (Wildman–Crippen MR) is 138 cm³/mol. The Morgan fingerprint density at radius 1 is 1.02 bits per heavy atom. The lowest BCUT2D eigenvalue weighted by Crippen LogP contribution is -2.60. The van der Waals surface area contributed by atoms with E-state index in [4.69, 9.17) is 4.74 Å². The molecule has 1 saturated carbocycles. The van der Waals surface area contributed by atoms with Crippen molar-refractivity contribution < 1.29 is 41.0 Å². The highest BCUT2D eigenvalue weighted by molar-refractivity contribution is 7.90. The number of aromatic nitrogens is 1. The van der Waals surface area contributed by atoms with Gasteiger partial charge in [0.2, 0.25) is 0 Å². The number of amides is 1. The Labute approximate surface area is 228 Å². The van der Waals surface area contributed by atoms with Gasteiger partial charge in [-0.3, -0.25) is 4.79 Å². The van der Waals surface area contributed by atoms with Crippen molar-refractivity contribution in [3.05, 3.63) is 66.2 Å². The number of pyridine rings is 1. The Hall–Kier alpha value is -3.84. The molecule has 2 fully saturated rings. The van der Waals surface area contributed by atoms with Crippen LogP contribution in [-0.2, 0) is 14.8 Å². The van der Waals surface area contributed by atoms with Gasteiger partial charge in [0.25, 0.3) is 15.9 Å². The van der Waals surface area contributed by atoms with Gasteiger partial charge >= 0.3 is 6.36 Å². The number of rotatable bonds is 8. The van der Waals surface area contributed by atoms with Crippen LogP contribution in [0.3, 0.4) is 0 Å². The molecule has 2 aromatic carbocycles. The summed E-state index contributed by atoms with van der Waals surface area (Å²) in [6.45, 7) is 3.57. The molecule has 1 aromatic heterocycles. The van der Waals surface area contributed by atoms with Gasteiger partial charge in [-0.15, -0.1) is 13.2 Å². The van der Waals surface area contributed by atoms with Crippen molar-refractivity contribution in [2.45, 2.75) is 49.3 Å². The summed E-state index contributed by atoms with van der Waals surface area (Å²) in [6, 6.07) is 15.7.